The van der Waals surface area contributed by atoms with Gasteiger partial charge in [0, 0.05) is 18.2 Å². The van der Waals surface area contributed by atoms with E-state index in [1.54, 1.807) is 0 Å². The molecule has 1 aromatic carbocycles. The molecule has 3 rings (SSSR count). The van der Waals surface area contributed by atoms with Crippen LogP contribution in [-0.4, -0.2) is 16.1 Å². The van der Waals surface area contributed by atoms with Crippen molar-refractivity contribution >= 4 is 16.7 Å². The summed E-state index contributed by atoms with van der Waals surface area (Å²) in [6.07, 6.45) is 3.33. The van der Waals surface area contributed by atoms with Gasteiger partial charge in [0.2, 0.25) is 0 Å². The van der Waals surface area contributed by atoms with Crippen molar-refractivity contribution in [2.75, 3.05) is 12.3 Å². The number of aromatic nitrogens is 2. The maximum absolute atomic E-state index is 5.83. The SMILES string of the molecule is NCCc1nc2ccc(N)cc2n1C1CC1. The molecule has 1 saturated carbocycles. The minimum absolute atomic E-state index is 0.619. The molecule has 1 aliphatic carbocycles. The van der Waals surface area contributed by atoms with E-state index in [1.807, 2.05) is 18.2 Å². The number of nitrogens with zero attached hydrogens (tertiary/aromatic N) is 2. The zero-order valence-corrected chi connectivity index (χ0v) is 9.19. The van der Waals surface area contributed by atoms with Crippen molar-refractivity contribution in [3.63, 3.8) is 0 Å². The van der Waals surface area contributed by atoms with Gasteiger partial charge in [-0.3, -0.25) is 0 Å². The van der Waals surface area contributed by atoms with Crippen LogP contribution >= 0.6 is 0 Å². The molecule has 4 N–H and O–H groups in total. The molecule has 4 nitrogen and oxygen atoms in total. The van der Waals surface area contributed by atoms with Gasteiger partial charge in [0.25, 0.3) is 0 Å². The second kappa shape index (κ2) is 3.49. The van der Waals surface area contributed by atoms with E-state index < -0.39 is 0 Å². The van der Waals surface area contributed by atoms with Crippen LogP contribution in [0.2, 0.25) is 0 Å². The van der Waals surface area contributed by atoms with Gasteiger partial charge in [-0.2, -0.15) is 0 Å². The van der Waals surface area contributed by atoms with Crippen LogP contribution in [0, 0.1) is 0 Å². The van der Waals surface area contributed by atoms with E-state index in [-0.39, 0.29) is 0 Å². The Kier molecular flexibility index (Phi) is 2.11. The molecule has 0 unspecified atom stereocenters. The first kappa shape index (κ1) is 9.66. The molecule has 0 aliphatic heterocycles. The van der Waals surface area contributed by atoms with E-state index >= 15 is 0 Å². The lowest BCUT2D eigenvalue weighted by molar-refractivity contribution is 0.696. The lowest BCUT2D eigenvalue weighted by atomic mass is 10.3. The molecule has 0 radical (unpaired) electrons. The van der Waals surface area contributed by atoms with Crippen molar-refractivity contribution in [1.29, 1.82) is 0 Å². The molecule has 2 aromatic rings. The smallest absolute Gasteiger partial charge is 0.111 e. The molecule has 1 heterocycles. The van der Waals surface area contributed by atoms with Crippen LogP contribution in [0.25, 0.3) is 11.0 Å². The molecule has 84 valence electrons. The Bertz CT molecular complexity index is 525. The Morgan fingerprint density at radius 2 is 2.19 bits per heavy atom. The predicted octanol–water partition coefficient (Wildman–Crippen LogP) is 1.45. The normalized spacial score (nSPS) is 15.8. The van der Waals surface area contributed by atoms with E-state index in [4.69, 9.17) is 11.5 Å². The highest BCUT2D eigenvalue weighted by molar-refractivity contribution is 5.80. The number of nitrogens with two attached hydrogens (primary N) is 2. The topological polar surface area (TPSA) is 69.9 Å². The summed E-state index contributed by atoms with van der Waals surface area (Å²) >= 11 is 0. The van der Waals surface area contributed by atoms with Crippen LogP contribution < -0.4 is 11.5 Å². The van der Waals surface area contributed by atoms with Crippen molar-refractivity contribution in [2.24, 2.45) is 5.73 Å². The summed E-state index contributed by atoms with van der Waals surface area (Å²) in [6, 6.07) is 6.52. The van der Waals surface area contributed by atoms with E-state index in [9.17, 15) is 0 Å². The van der Waals surface area contributed by atoms with Crippen molar-refractivity contribution in [1.82, 2.24) is 9.55 Å². The first-order chi connectivity index (χ1) is 7.79. The van der Waals surface area contributed by atoms with Gasteiger partial charge < -0.3 is 16.0 Å². The van der Waals surface area contributed by atoms with E-state index in [1.165, 1.54) is 12.8 Å². The number of imidazole rings is 1. The molecule has 1 fully saturated rings. The van der Waals surface area contributed by atoms with Gasteiger partial charge >= 0.3 is 0 Å². The monoisotopic (exact) mass is 216 g/mol. The van der Waals surface area contributed by atoms with Crippen molar-refractivity contribution in [3.05, 3.63) is 24.0 Å². The summed E-state index contributed by atoms with van der Waals surface area (Å²) in [5, 5.41) is 0. The van der Waals surface area contributed by atoms with Gasteiger partial charge in [-0.05, 0) is 37.6 Å². The van der Waals surface area contributed by atoms with Crippen LogP contribution in [0.4, 0.5) is 5.69 Å². The molecule has 0 bridgehead atoms. The maximum atomic E-state index is 5.83. The standard InChI is InChI=1S/C12H16N4/c13-6-5-12-15-10-4-1-8(14)7-11(10)16(12)9-2-3-9/h1,4,7,9H,2-3,5-6,13-14H2. The number of hydrogen-bond acceptors (Lipinski definition) is 3. The van der Waals surface area contributed by atoms with Crippen LogP contribution in [0.15, 0.2) is 18.2 Å². The number of anilines is 1. The minimum atomic E-state index is 0.619. The Balaban J connectivity index is 2.21. The molecule has 0 amide bonds. The van der Waals surface area contributed by atoms with Crippen LogP contribution in [0.3, 0.4) is 0 Å². The summed E-state index contributed by atoms with van der Waals surface area (Å²) in [7, 11) is 0. The first-order valence-electron chi connectivity index (χ1n) is 5.76. The van der Waals surface area contributed by atoms with Crippen LogP contribution in [0.1, 0.15) is 24.7 Å². The quantitative estimate of drug-likeness (QED) is 0.763. The second-order valence-electron chi connectivity index (χ2n) is 4.42. The highest BCUT2D eigenvalue weighted by Crippen LogP contribution is 2.39. The molecular weight excluding hydrogens is 200 g/mol. The Hall–Kier alpha value is -1.55. The summed E-state index contributed by atoms with van der Waals surface area (Å²) < 4.78 is 2.32. The third-order valence-electron chi connectivity index (χ3n) is 3.07. The zero-order chi connectivity index (χ0) is 11.1. The number of fused-ring (bicyclic) bond motifs is 1. The van der Waals surface area contributed by atoms with Gasteiger partial charge in [-0.1, -0.05) is 0 Å². The maximum Gasteiger partial charge on any atom is 0.111 e. The average molecular weight is 216 g/mol. The molecular formula is C12H16N4. The molecule has 16 heavy (non-hydrogen) atoms. The number of hydrogen-bond donors (Lipinski definition) is 2. The van der Waals surface area contributed by atoms with Crippen molar-refractivity contribution in [3.8, 4) is 0 Å². The van der Waals surface area contributed by atoms with Crippen LogP contribution in [-0.2, 0) is 6.42 Å². The highest BCUT2D eigenvalue weighted by Gasteiger charge is 2.27. The fraction of sp³-hybridized carbons (Fsp3) is 0.417. The first-order valence-corrected chi connectivity index (χ1v) is 5.76. The van der Waals surface area contributed by atoms with Crippen LogP contribution in [0.5, 0.6) is 0 Å². The fourth-order valence-corrected chi connectivity index (χ4v) is 2.21. The Labute approximate surface area is 94.3 Å². The van der Waals surface area contributed by atoms with Gasteiger partial charge in [-0.25, -0.2) is 4.98 Å². The molecule has 1 aromatic heterocycles. The van der Waals surface area contributed by atoms with Gasteiger partial charge in [-0.15, -0.1) is 0 Å². The van der Waals surface area contributed by atoms with Crippen molar-refractivity contribution < 1.29 is 0 Å². The van der Waals surface area contributed by atoms with E-state index in [0.29, 0.717) is 12.6 Å². The molecule has 0 atom stereocenters. The number of rotatable bonds is 3. The molecule has 4 heteroatoms. The molecule has 1 aliphatic rings. The van der Waals surface area contributed by atoms with Gasteiger partial charge in [0.1, 0.15) is 5.82 Å². The van der Waals surface area contributed by atoms with E-state index in [2.05, 4.69) is 9.55 Å². The number of benzene rings is 1. The Morgan fingerprint density at radius 1 is 1.38 bits per heavy atom. The second-order valence-corrected chi connectivity index (χ2v) is 4.42. The summed E-state index contributed by atoms with van der Waals surface area (Å²) in [5.74, 6) is 1.10. The number of nitrogen functional groups attached to an aromatic ring is 1. The lowest BCUT2D eigenvalue weighted by Crippen LogP contribution is -2.09. The predicted molar refractivity (Wildman–Crippen MR) is 65.2 cm³/mol. The summed E-state index contributed by atoms with van der Waals surface area (Å²) in [6.45, 7) is 0.644. The molecule has 0 spiro atoms. The third-order valence-corrected chi connectivity index (χ3v) is 3.07. The summed E-state index contributed by atoms with van der Waals surface area (Å²) in [5.41, 5.74) is 14.4. The van der Waals surface area contributed by atoms with Gasteiger partial charge in [0.05, 0.1) is 11.0 Å². The minimum Gasteiger partial charge on any atom is -0.399 e. The fourth-order valence-electron chi connectivity index (χ4n) is 2.21. The zero-order valence-electron chi connectivity index (χ0n) is 9.19. The van der Waals surface area contributed by atoms with Gasteiger partial charge in [0.15, 0.2) is 0 Å². The molecule has 0 saturated heterocycles. The van der Waals surface area contributed by atoms with E-state index in [0.717, 1.165) is 29.0 Å². The summed E-state index contributed by atoms with van der Waals surface area (Å²) in [4.78, 5) is 4.63. The lowest BCUT2D eigenvalue weighted by Gasteiger charge is -2.06. The Morgan fingerprint density at radius 3 is 2.88 bits per heavy atom. The highest BCUT2D eigenvalue weighted by atomic mass is 15.1. The van der Waals surface area contributed by atoms with Crippen molar-refractivity contribution in [2.45, 2.75) is 25.3 Å². The average Bonchev–Trinajstić information content (AvgIpc) is 3.02. The third kappa shape index (κ3) is 1.46. The largest absolute Gasteiger partial charge is 0.399 e.